The van der Waals surface area contributed by atoms with E-state index in [1.165, 1.54) is 140 Å². The minimum absolute atomic E-state index is 0.180. The molecule has 0 aliphatic rings. The zero-order valence-corrected chi connectivity index (χ0v) is 31.5. The third-order valence-electron chi connectivity index (χ3n) is 10.5. The molecule has 0 amide bonds. The Morgan fingerprint density at radius 2 is 0.830 bits per heavy atom. The molecule has 1 N–H and O–H groups in total. The molecule has 2 unspecified atom stereocenters. The third kappa shape index (κ3) is 18.0. The summed E-state index contributed by atoms with van der Waals surface area (Å²) in [5.74, 6) is -0.180. The number of benzene rings is 2. The van der Waals surface area contributed by atoms with E-state index in [1.807, 2.05) is 0 Å². The van der Waals surface area contributed by atoms with Crippen molar-refractivity contribution in [2.24, 2.45) is 0 Å². The van der Waals surface area contributed by atoms with E-state index in [0.717, 1.165) is 17.3 Å². The summed E-state index contributed by atoms with van der Waals surface area (Å²) in [6, 6.07) is 22.5. The normalized spacial score (nSPS) is 14.6. The first-order chi connectivity index (χ1) is 22.8. The van der Waals surface area contributed by atoms with E-state index >= 15 is 0 Å². The van der Waals surface area contributed by atoms with Gasteiger partial charge in [0.2, 0.25) is 0 Å². The third-order valence-corrected chi connectivity index (χ3v) is 11.3. The van der Waals surface area contributed by atoms with E-state index in [2.05, 4.69) is 81.6 Å². The van der Waals surface area contributed by atoms with Gasteiger partial charge in [0.05, 0.1) is 19.3 Å². The van der Waals surface area contributed by atoms with E-state index in [0.29, 0.717) is 13.0 Å². The van der Waals surface area contributed by atoms with Crippen LogP contribution in [0.15, 0.2) is 60.7 Å². The zero-order valence-electron chi connectivity index (χ0n) is 30.7. The SMILES string of the molecule is CCCCCCCCCCCCC(c1ccccc1)[N+](C)(CCCS(=O)(=O)O)C(CCCCCCCCCCCC)c1ccccc1. The van der Waals surface area contributed by atoms with Crippen molar-refractivity contribution < 1.29 is 17.5 Å². The molecule has 2 aromatic carbocycles. The van der Waals surface area contributed by atoms with Crippen LogP contribution in [0.5, 0.6) is 0 Å². The Morgan fingerprint density at radius 3 is 1.15 bits per heavy atom. The van der Waals surface area contributed by atoms with E-state index in [1.54, 1.807) is 0 Å². The van der Waals surface area contributed by atoms with Crippen LogP contribution in [0.4, 0.5) is 0 Å². The van der Waals surface area contributed by atoms with Crippen LogP contribution in [0.3, 0.4) is 0 Å². The predicted molar refractivity (Wildman–Crippen MR) is 203 cm³/mol. The van der Waals surface area contributed by atoms with Crippen LogP contribution < -0.4 is 0 Å². The predicted octanol–water partition coefficient (Wildman–Crippen LogP) is 12.8. The summed E-state index contributed by atoms with van der Waals surface area (Å²) in [7, 11) is -1.63. The molecule has 0 spiro atoms. The highest BCUT2D eigenvalue weighted by atomic mass is 32.2. The molecular formula is C42H72NO3S+. The van der Waals surface area contributed by atoms with Gasteiger partial charge in [-0.25, -0.2) is 0 Å². The maximum absolute atomic E-state index is 11.9. The molecule has 0 radical (unpaired) electrons. The number of nitrogens with zero attached hydrogens (tertiary/aromatic N) is 1. The minimum atomic E-state index is -4.01. The van der Waals surface area contributed by atoms with Crippen molar-refractivity contribution in [3.8, 4) is 0 Å². The molecule has 2 rings (SSSR count). The molecule has 2 aromatic rings. The topological polar surface area (TPSA) is 54.4 Å². The van der Waals surface area contributed by atoms with Crippen molar-refractivity contribution in [3.05, 3.63) is 71.8 Å². The number of hydrogen-bond acceptors (Lipinski definition) is 2. The minimum Gasteiger partial charge on any atom is -0.314 e. The van der Waals surface area contributed by atoms with Crippen molar-refractivity contribution in [2.45, 2.75) is 174 Å². The van der Waals surface area contributed by atoms with E-state index in [-0.39, 0.29) is 17.8 Å². The van der Waals surface area contributed by atoms with Gasteiger partial charge in [0.1, 0.15) is 12.1 Å². The van der Waals surface area contributed by atoms with Crippen molar-refractivity contribution in [2.75, 3.05) is 19.3 Å². The standard InChI is InChI=1S/C42H71NO3S/c1-4-6-8-10-12-14-16-18-20-28-35-41(39-31-24-22-25-32-39)43(3,37-30-38-47(44,45)46)42(40-33-26-23-27-34-40)36-29-21-19-17-15-13-11-9-7-5-2/h22-27,31-34,41-42H,4-21,28-30,35-38H2,1-3H3/p+1. The van der Waals surface area contributed by atoms with Gasteiger partial charge in [0.25, 0.3) is 10.1 Å². The van der Waals surface area contributed by atoms with Gasteiger partial charge >= 0.3 is 0 Å². The Hall–Kier alpha value is -1.69. The summed E-state index contributed by atoms with van der Waals surface area (Å²) in [4.78, 5) is 0. The number of quaternary nitrogens is 1. The van der Waals surface area contributed by atoms with Gasteiger partial charge in [-0.1, -0.05) is 190 Å². The first kappa shape index (κ1) is 41.5. The molecule has 5 heteroatoms. The van der Waals surface area contributed by atoms with Crippen molar-refractivity contribution in [1.29, 1.82) is 0 Å². The molecule has 47 heavy (non-hydrogen) atoms. The number of rotatable bonds is 30. The monoisotopic (exact) mass is 671 g/mol. The highest BCUT2D eigenvalue weighted by Gasteiger charge is 2.41. The van der Waals surface area contributed by atoms with Crippen molar-refractivity contribution >= 4 is 10.1 Å². The summed E-state index contributed by atoms with van der Waals surface area (Å²) in [5.41, 5.74) is 2.70. The average molecular weight is 671 g/mol. The van der Waals surface area contributed by atoms with Crippen molar-refractivity contribution in [3.63, 3.8) is 0 Å². The maximum Gasteiger partial charge on any atom is 0.265 e. The molecule has 4 nitrogen and oxygen atoms in total. The summed E-state index contributed by atoms with van der Waals surface area (Å²) in [6.07, 6.45) is 29.0. The lowest BCUT2D eigenvalue weighted by Crippen LogP contribution is -2.51. The van der Waals surface area contributed by atoms with Gasteiger partial charge in [0, 0.05) is 30.4 Å². The Kier molecular flexibility index (Phi) is 22.3. The van der Waals surface area contributed by atoms with E-state index < -0.39 is 10.1 Å². The first-order valence-electron chi connectivity index (χ1n) is 19.7. The van der Waals surface area contributed by atoms with Crippen LogP contribution >= 0.6 is 0 Å². The molecule has 0 bridgehead atoms. The Bertz CT molecular complexity index is 1040. The van der Waals surface area contributed by atoms with E-state index in [4.69, 9.17) is 0 Å². The van der Waals surface area contributed by atoms with Gasteiger partial charge in [0.15, 0.2) is 0 Å². The van der Waals surface area contributed by atoms with Crippen LogP contribution in [0.2, 0.25) is 0 Å². The maximum atomic E-state index is 11.9. The summed E-state index contributed by atoms with van der Waals surface area (Å²) in [5, 5.41) is 0. The Labute approximate surface area is 291 Å². The van der Waals surface area contributed by atoms with Gasteiger partial charge in [-0.2, -0.15) is 8.42 Å². The van der Waals surface area contributed by atoms with Crippen molar-refractivity contribution in [1.82, 2.24) is 0 Å². The second-order valence-corrected chi connectivity index (χ2v) is 16.1. The molecule has 0 aliphatic heterocycles. The summed E-state index contributed by atoms with van der Waals surface area (Å²) < 4.78 is 34.3. The quantitative estimate of drug-likeness (QED) is 0.0511. The fraction of sp³-hybridized carbons (Fsp3) is 0.714. The lowest BCUT2D eigenvalue weighted by Gasteiger charge is -2.48. The van der Waals surface area contributed by atoms with Crippen LogP contribution in [-0.2, 0) is 10.1 Å². The van der Waals surface area contributed by atoms with Crippen LogP contribution in [0.1, 0.15) is 185 Å². The molecule has 268 valence electrons. The summed E-state index contributed by atoms with van der Waals surface area (Å²) >= 11 is 0. The molecule has 0 heterocycles. The van der Waals surface area contributed by atoms with Gasteiger partial charge in [-0.15, -0.1) is 0 Å². The molecule has 2 atom stereocenters. The molecule has 0 aliphatic carbocycles. The van der Waals surface area contributed by atoms with E-state index in [9.17, 15) is 13.0 Å². The largest absolute Gasteiger partial charge is 0.314 e. The van der Waals surface area contributed by atoms with Crippen LogP contribution in [-0.4, -0.2) is 36.8 Å². The van der Waals surface area contributed by atoms with Crippen LogP contribution in [0.25, 0.3) is 0 Å². The number of unbranched alkanes of at least 4 members (excludes halogenated alkanes) is 18. The highest BCUT2D eigenvalue weighted by Crippen LogP contribution is 2.43. The zero-order chi connectivity index (χ0) is 34.1. The second-order valence-electron chi connectivity index (χ2n) is 14.5. The fourth-order valence-electron chi connectivity index (χ4n) is 7.72. The smallest absolute Gasteiger partial charge is 0.265 e. The molecule has 0 fully saturated rings. The van der Waals surface area contributed by atoms with Gasteiger partial charge < -0.3 is 4.48 Å². The Morgan fingerprint density at radius 1 is 0.511 bits per heavy atom. The van der Waals surface area contributed by atoms with Gasteiger partial charge in [-0.3, -0.25) is 4.55 Å². The molecule has 0 saturated heterocycles. The highest BCUT2D eigenvalue weighted by molar-refractivity contribution is 7.85. The number of hydrogen-bond donors (Lipinski definition) is 1. The second kappa shape index (κ2) is 25.3. The fourth-order valence-corrected chi connectivity index (χ4v) is 8.22. The van der Waals surface area contributed by atoms with Gasteiger partial charge in [-0.05, 0) is 12.8 Å². The molecule has 0 saturated carbocycles. The lowest BCUT2D eigenvalue weighted by atomic mass is 9.89. The molecular weight excluding hydrogens is 599 g/mol. The first-order valence-corrected chi connectivity index (χ1v) is 21.3. The Balaban J connectivity index is 2.19. The lowest BCUT2D eigenvalue weighted by molar-refractivity contribution is -0.969. The average Bonchev–Trinajstić information content (AvgIpc) is 3.06. The molecule has 0 aromatic heterocycles. The summed E-state index contributed by atoms with van der Waals surface area (Å²) in [6.45, 7) is 5.27. The van der Waals surface area contributed by atoms with Crippen LogP contribution in [0, 0.1) is 0 Å².